The monoisotopic (exact) mass is 263 g/mol. The molecule has 0 saturated heterocycles. The van der Waals surface area contributed by atoms with Crippen LogP contribution in [-0.2, 0) is 5.41 Å². The second-order valence-corrected chi connectivity index (χ2v) is 7.04. The molecule has 1 heterocycles. The minimum Gasteiger partial charge on any atom is -0.356 e. The lowest BCUT2D eigenvalue weighted by molar-refractivity contribution is 0.378. The van der Waals surface area contributed by atoms with Crippen molar-refractivity contribution in [3.63, 3.8) is 0 Å². The molecule has 2 N–H and O–H groups in total. The number of rotatable bonds is 5. The second-order valence-electron chi connectivity index (χ2n) is 7.04. The number of hydrogen-bond acceptors (Lipinski definition) is 3. The molecule has 1 rings (SSSR count). The smallest absolute Gasteiger partial charge is 0.128 e. The van der Waals surface area contributed by atoms with Crippen molar-refractivity contribution in [1.82, 2.24) is 4.98 Å². The van der Waals surface area contributed by atoms with Crippen LogP contribution in [0.2, 0.25) is 0 Å². The summed E-state index contributed by atoms with van der Waals surface area (Å²) >= 11 is 0. The van der Waals surface area contributed by atoms with Gasteiger partial charge in [-0.15, -0.1) is 0 Å². The zero-order valence-electron chi connectivity index (χ0n) is 13.3. The van der Waals surface area contributed by atoms with E-state index in [1.54, 1.807) is 0 Å². The predicted octanol–water partition coefficient (Wildman–Crippen LogP) is 3.19. The first-order valence-electron chi connectivity index (χ1n) is 7.11. The lowest BCUT2D eigenvalue weighted by Crippen LogP contribution is -2.39. The highest BCUT2D eigenvalue weighted by Crippen LogP contribution is 2.24. The number of nitrogens with zero attached hydrogens (tertiary/aromatic N) is 2. The van der Waals surface area contributed by atoms with Gasteiger partial charge in [-0.1, -0.05) is 40.7 Å². The van der Waals surface area contributed by atoms with Crippen LogP contribution in [-0.4, -0.2) is 24.6 Å². The van der Waals surface area contributed by atoms with Crippen LogP contribution >= 0.6 is 0 Å². The van der Waals surface area contributed by atoms with Crippen molar-refractivity contribution < 1.29 is 0 Å². The van der Waals surface area contributed by atoms with Crippen LogP contribution in [0.4, 0.5) is 5.82 Å². The molecule has 0 atom stereocenters. The molecule has 108 valence electrons. The summed E-state index contributed by atoms with van der Waals surface area (Å²) in [6, 6.07) is 4.30. The van der Waals surface area contributed by atoms with Crippen LogP contribution < -0.4 is 10.6 Å². The average molecular weight is 263 g/mol. The summed E-state index contributed by atoms with van der Waals surface area (Å²) < 4.78 is 0. The molecule has 0 aliphatic heterocycles. The first-order chi connectivity index (χ1) is 8.69. The maximum absolute atomic E-state index is 5.82. The van der Waals surface area contributed by atoms with E-state index in [0.717, 1.165) is 18.9 Å². The van der Waals surface area contributed by atoms with Crippen LogP contribution in [0, 0.1) is 5.41 Å². The fourth-order valence-electron chi connectivity index (χ4n) is 1.95. The van der Waals surface area contributed by atoms with Gasteiger partial charge in [0, 0.05) is 19.3 Å². The third kappa shape index (κ3) is 4.50. The molecular weight excluding hydrogens is 234 g/mol. The first kappa shape index (κ1) is 16.0. The standard InChI is InChI=1S/C16H29N3/c1-7-19(12-16(5,6)11-17)14-9-8-13(10-18-14)15(2,3)4/h8-10H,7,11-12,17H2,1-6H3. The van der Waals surface area contributed by atoms with Gasteiger partial charge in [-0.2, -0.15) is 0 Å². The van der Waals surface area contributed by atoms with E-state index in [1.165, 1.54) is 5.56 Å². The number of nitrogens with two attached hydrogens (primary N) is 1. The Hall–Kier alpha value is -1.09. The number of pyridine rings is 1. The van der Waals surface area contributed by atoms with Crippen LogP contribution in [0.3, 0.4) is 0 Å². The van der Waals surface area contributed by atoms with Gasteiger partial charge in [0.05, 0.1) is 0 Å². The van der Waals surface area contributed by atoms with Gasteiger partial charge in [-0.3, -0.25) is 0 Å². The van der Waals surface area contributed by atoms with Crippen LogP contribution in [0.25, 0.3) is 0 Å². The zero-order valence-corrected chi connectivity index (χ0v) is 13.3. The minimum absolute atomic E-state index is 0.111. The number of hydrogen-bond donors (Lipinski definition) is 1. The Morgan fingerprint density at radius 1 is 1.16 bits per heavy atom. The highest BCUT2D eigenvalue weighted by molar-refractivity contribution is 5.40. The average Bonchev–Trinajstić information content (AvgIpc) is 2.35. The molecule has 0 aliphatic carbocycles. The molecule has 1 aromatic rings. The molecule has 0 aromatic carbocycles. The topological polar surface area (TPSA) is 42.1 Å². The van der Waals surface area contributed by atoms with Crippen LogP contribution in [0.5, 0.6) is 0 Å². The Morgan fingerprint density at radius 3 is 2.16 bits per heavy atom. The van der Waals surface area contributed by atoms with Crippen molar-refractivity contribution in [2.24, 2.45) is 11.1 Å². The summed E-state index contributed by atoms with van der Waals surface area (Å²) in [6.45, 7) is 15.7. The highest BCUT2D eigenvalue weighted by Gasteiger charge is 2.21. The van der Waals surface area contributed by atoms with E-state index in [-0.39, 0.29) is 10.8 Å². The summed E-state index contributed by atoms with van der Waals surface area (Å²) in [6.07, 6.45) is 1.99. The van der Waals surface area contributed by atoms with E-state index in [0.29, 0.717) is 6.54 Å². The summed E-state index contributed by atoms with van der Waals surface area (Å²) in [4.78, 5) is 6.91. The molecule has 19 heavy (non-hydrogen) atoms. The molecule has 0 radical (unpaired) electrons. The van der Waals surface area contributed by atoms with E-state index in [2.05, 4.69) is 63.6 Å². The number of aromatic nitrogens is 1. The highest BCUT2D eigenvalue weighted by atomic mass is 15.2. The molecular formula is C16H29N3. The maximum Gasteiger partial charge on any atom is 0.128 e. The summed E-state index contributed by atoms with van der Waals surface area (Å²) in [5.74, 6) is 1.04. The molecule has 3 heteroatoms. The Balaban J connectivity index is 2.89. The maximum atomic E-state index is 5.82. The molecule has 0 aliphatic rings. The Bertz CT molecular complexity index is 387. The van der Waals surface area contributed by atoms with Gasteiger partial charge in [-0.25, -0.2) is 4.98 Å². The molecule has 0 fully saturated rings. The van der Waals surface area contributed by atoms with Gasteiger partial charge in [0.2, 0.25) is 0 Å². The predicted molar refractivity (Wildman–Crippen MR) is 83.7 cm³/mol. The normalized spacial score (nSPS) is 12.6. The SMILES string of the molecule is CCN(CC(C)(C)CN)c1ccc(C(C)(C)C)cn1. The third-order valence-electron chi connectivity index (χ3n) is 3.49. The molecule has 0 bridgehead atoms. The van der Waals surface area contributed by atoms with Crippen molar-refractivity contribution in [2.45, 2.75) is 47.0 Å². The largest absolute Gasteiger partial charge is 0.356 e. The lowest BCUT2D eigenvalue weighted by atomic mass is 9.88. The first-order valence-corrected chi connectivity index (χ1v) is 7.11. The lowest BCUT2D eigenvalue weighted by Gasteiger charge is -2.32. The zero-order chi connectivity index (χ0) is 14.7. The van der Waals surface area contributed by atoms with E-state index < -0.39 is 0 Å². The van der Waals surface area contributed by atoms with Crippen molar-refractivity contribution in [3.8, 4) is 0 Å². The third-order valence-corrected chi connectivity index (χ3v) is 3.49. The summed E-state index contributed by atoms with van der Waals surface area (Å²) in [7, 11) is 0. The van der Waals surface area contributed by atoms with Crippen molar-refractivity contribution in [2.75, 3.05) is 24.5 Å². The van der Waals surface area contributed by atoms with E-state index >= 15 is 0 Å². The van der Waals surface area contributed by atoms with Gasteiger partial charge < -0.3 is 10.6 Å². The fourth-order valence-corrected chi connectivity index (χ4v) is 1.95. The van der Waals surface area contributed by atoms with E-state index in [4.69, 9.17) is 5.73 Å². The molecule has 1 aromatic heterocycles. The molecule has 0 amide bonds. The van der Waals surface area contributed by atoms with Gasteiger partial charge in [0.15, 0.2) is 0 Å². The van der Waals surface area contributed by atoms with Crippen molar-refractivity contribution in [1.29, 1.82) is 0 Å². The molecule has 3 nitrogen and oxygen atoms in total. The Kier molecular flexibility index (Phi) is 4.97. The Labute approximate surface area is 118 Å². The van der Waals surface area contributed by atoms with Crippen molar-refractivity contribution in [3.05, 3.63) is 23.9 Å². The van der Waals surface area contributed by atoms with Crippen LogP contribution in [0.1, 0.15) is 47.1 Å². The fraction of sp³-hybridized carbons (Fsp3) is 0.688. The minimum atomic E-state index is 0.111. The number of anilines is 1. The van der Waals surface area contributed by atoms with Gasteiger partial charge >= 0.3 is 0 Å². The van der Waals surface area contributed by atoms with Crippen LogP contribution in [0.15, 0.2) is 18.3 Å². The quantitative estimate of drug-likeness (QED) is 0.887. The Morgan fingerprint density at radius 2 is 1.79 bits per heavy atom. The summed E-state index contributed by atoms with van der Waals surface area (Å²) in [5.41, 5.74) is 7.35. The van der Waals surface area contributed by atoms with E-state index in [1.807, 2.05) is 6.20 Å². The molecule has 0 unspecified atom stereocenters. The molecule has 0 saturated carbocycles. The second kappa shape index (κ2) is 5.91. The van der Waals surface area contributed by atoms with E-state index in [9.17, 15) is 0 Å². The van der Waals surface area contributed by atoms with Crippen molar-refractivity contribution >= 4 is 5.82 Å². The van der Waals surface area contributed by atoms with Gasteiger partial charge in [0.1, 0.15) is 5.82 Å². The summed E-state index contributed by atoms with van der Waals surface area (Å²) in [5, 5.41) is 0. The van der Waals surface area contributed by atoms with Gasteiger partial charge in [0.25, 0.3) is 0 Å². The van der Waals surface area contributed by atoms with Gasteiger partial charge in [-0.05, 0) is 35.9 Å². The molecule has 0 spiro atoms.